The molecule has 0 spiro atoms. The Labute approximate surface area is 120 Å². The lowest BCUT2D eigenvalue weighted by Gasteiger charge is -2.40. The molecule has 1 aliphatic rings. The van der Waals surface area contributed by atoms with Crippen molar-refractivity contribution in [1.29, 1.82) is 0 Å². The van der Waals surface area contributed by atoms with Crippen molar-refractivity contribution in [2.75, 3.05) is 0 Å². The van der Waals surface area contributed by atoms with Crippen LogP contribution in [0.15, 0.2) is 30.3 Å². The number of hydrogen-bond donors (Lipinski definition) is 0. The maximum Gasteiger partial charge on any atom is 0.303 e. The van der Waals surface area contributed by atoms with Crippen molar-refractivity contribution in [1.82, 2.24) is 0 Å². The Morgan fingerprint density at radius 1 is 1.05 bits per heavy atom. The number of benzene rings is 1. The first kappa shape index (κ1) is 14.8. The Bertz CT molecular complexity index is 474. The molecule has 1 fully saturated rings. The van der Waals surface area contributed by atoms with Gasteiger partial charge in [-0.1, -0.05) is 49.6 Å². The van der Waals surface area contributed by atoms with Crippen molar-refractivity contribution in [2.45, 2.75) is 51.6 Å². The Balaban J connectivity index is 2.49. The molecule has 0 radical (unpaired) electrons. The Morgan fingerprint density at radius 2 is 1.65 bits per heavy atom. The summed E-state index contributed by atoms with van der Waals surface area (Å²) in [6, 6.07) is 9.46. The molecule has 0 bridgehead atoms. The van der Waals surface area contributed by atoms with Crippen molar-refractivity contribution < 1.29 is 14.3 Å². The summed E-state index contributed by atoms with van der Waals surface area (Å²) in [5, 5.41) is 0. The Kier molecular flexibility index (Phi) is 4.58. The van der Waals surface area contributed by atoms with Crippen molar-refractivity contribution in [2.24, 2.45) is 5.92 Å². The van der Waals surface area contributed by atoms with Crippen LogP contribution in [0.2, 0.25) is 0 Å². The van der Waals surface area contributed by atoms with E-state index in [9.17, 15) is 9.59 Å². The van der Waals surface area contributed by atoms with Gasteiger partial charge in [-0.05, 0) is 19.8 Å². The zero-order valence-electron chi connectivity index (χ0n) is 12.2. The van der Waals surface area contributed by atoms with E-state index in [1.54, 1.807) is 0 Å². The SMILES string of the molecule is CC(=O)OC(C(C)=O)(c1ccccc1)C1CCCCC1. The molecule has 1 unspecified atom stereocenters. The van der Waals surface area contributed by atoms with Gasteiger partial charge in [-0.2, -0.15) is 0 Å². The van der Waals surface area contributed by atoms with Crippen molar-refractivity contribution in [3.05, 3.63) is 35.9 Å². The smallest absolute Gasteiger partial charge is 0.303 e. The van der Waals surface area contributed by atoms with Crippen LogP contribution in [0.1, 0.15) is 51.5 Å². The molecule has 3 nitrogen and oxygen atoms in total. The summed E-state index contributed by atoms with van der Waals surface area (Å²) in [5.41, 5.74) is -0.303. The number of hydrogen-bond acceptors (Lipinski definition) is 3. The molecule has 1 aliphatic carbocycles. The molecule has 1 atom stereocenters. The molecule has 0 amide bonds. The summed E-state index contributed by atoms with van der Waals surface area (Å²) in [6.07, 6.45) is 5.24. The van der Waals surface area contributed by atoms with Crippen molar-refractivity contribution in [3.8, 4) is 0 Å². The van der Waals surface area contributed by atoms with Crippen LogP contribution in [-0.2, 0) is 19.9 Å². The van der Waals surface area contributed by atoms with Crippen LogP contribution in [0.5, 0.6) is 0 Å². The van der Waals surface area contributed by atoms with Crippen LogP contribution in [0, 0.1) is 5.92 Å². The molecule has 1 saturated carbocycles. The topological polar surface area (TPSA) is 43.4 Å². The second kappa shape index (κ2) is 6.21. The van der Waals surface area contributed by atoms with Crippen LogP contribution >= 0.6 is 0 Å². The van der Waals surface area contributed by atoms with Gasteiger partial charge in [0.15, 0.2) is 11.4 Å². The molecule has 108 valence electrons. The van der Waals surface area contributed by atoms with E-state index < -0.39 is 11.6 Å². The highest BCUT2D eigenvalue weighted by atomic mass is 16.6. The summed E-state index contributed by atoms with van der Waals surface area (Å²) in [6.45, 7) is 2.91. The summed E-state index contributed by atoms with van der Waals surface area (Å²) in [7, 11) is 0. The predicted molar refractivity (Wildman–Crippen MR) is 77.1 cm³/mol. The molecular weight excluding hydrogens is 252 g/mol. The van der Waals surface area contributed by atoms with Crippen LogP contribution in [0.25, 0.3) is 0 Å². The lowest BCUT2D eigenvalue weighted by atomic mass is 9.71. The van der Waals surface area contributed by atoms with Crippen LogP contribution < -0.4 is 0 Å². The quantitative estimate of drug-likeness (QED) is 0.788. The van der Waals surface area contributed by atoms with Gasteiger partial charge in [-0.15, -0.1) is 0 Å². The van der Waals surface area contributed by atoms with Gasteiger partial charge in [0.05, 0.1) is 0 Å². The molecule has 1 aromatic rings. The second-order valence-electron chi connectivity index (χ2n) is 5.59. The van der Waals surface area contributed by atoms with E-state index >= 15 is 0 Å². The molecule has 3 heteroatoms. The average molecular weight is 274 g/mol. The lowest BCUT2D eigenvalue weighted by molar-refractivity contribution is -0.175. The molecule has 0 aromatic heterocycles. The van der Waals surface area contributed by atoms with E-state index in [1.165, 1.54) is 20.3 Å². The fraction of sp³-hybridized carbons (Fsp3) is 0.529. The highest BCUT2D eigenvalue weighted by Gasteiger charge is 2.48. The standard InChI is InChI=1S/C17H22O3/c1-13(18)17(20-14(2)19,15-9-5-3-6-10-15)16-11-7-4-8-12-16/h3,5-6,9-10,16H,4,7-8,11-12H2,1-2H3. The van der Waals surface area contributed by atoms with Crippen molar-refractivity contribution in [3.63, 3.8) is 0 Å². The average Bonchev–Trinajstić information content (AvgIpc) is 2.46. The summed E-state index contributed by atoms with van der Waals surface area (Å²) in [5.74, 6) is -0.388. The fourth-order valence-electron chi connectivity index (χ4n) is 3.36. The van der Waals surface area contributed by atoms with Gasteiger partial charge in [0.1, 0.15) is 0 Å². The van der Waals surface area contributed by atoms with E-state index in [0.29, 0.717) is 0 Å². The first-order chi connectivity index (χ1) is 9.57. The maximum atomic E-state index is 12.4. The third-order valence-corrected chi connectivity index (χ3v) is 4.21. The predicted octanol–water partition coefficient (Wildman–Crippen LogP) is 3.61. The number of esters is 1. The molecular formula is C17H22O3. The van der Waals surface area contributed by atoms with Gasteiger partial charge in [-0.3, -0.25) is 9.59 Å². The van der Waals surface area contributed by atoms with Crippen LogP contribution in [0.4, 0.5) is 0 Å². The van der Waals surface area contributed by atoms with Gasteiger partial charge >= 0.3 is 5.97 Å². The Hall–Kier alpha value is -1.64. The first-order valence-electron chi connectivity index (χ1n) is 7.33. The van der Waals surface area contributed by atoms with Crippen LogP contribution in [0.3, 0.4) is 0 Å². The van der Waals surface area contributed by atoms with Gasteiger partial charge in [0.25, 0.3) is 0 Å². The van der Waals surface area contributed by atoms with E-state index in [4.69, 9.17) is 4.74 Å². The van der Waals surface area contributed by atoms with E-state index in [1.807, 2.05) is 30.3 Å². The van der Waals surface area contributed by atoms with Gasteiger partial charge < -0.3 is 4.74 Å². The number of carbonyl (C=O) groups excluding carboxylic acids is 2. The molecule has 0 heterocycles. The third-order valence-electron chi connectivity index (χ3n) is 4.21. The van der Waals surface area contributed by atoms with Gasteiger partial charge in [0.2, 0.25) is 0 Å². The zero-order chi connectivity index (χ0) is 14.6. The highest BCUT2D eigenvalue weighted by Crippen LogP contribution is 2.43. The van der Waals surface area contributed by atoms with Gasteiger partial charge in [0, 0.05) is 18.4 Å². The normalized spacial score (nSPS) is 19.1. The maximum absolute atomic E-state index is 12.4. The summed E-state index contributed by atoms with van der Waals surface area (Å²) < 4.78 is 5.64. The highest BCUT2D eigenvalue weighted by molar-refractivity contribution is 5.89. The largest absolute Gasteiger partial charge is 0.446 e. The molecule has 1 aromatic carbocycles. The zero-order valence-corrected chi connectivity index (χ0v) is 12.2. The number of rotatable bonds is 4. The number of ether oxygens (including phenoxy) is 1. The minimum atomic E-state index is -1.10. The third kappa shape index (κ3) is 2.77. The second-order valence-corrected chi connectivity index (χ2v) is 5.59. The van der Waals surface area contributed by atoms with Crippen molar-refractivity contribution >= 4 is 11.8 Å². The molecule has 20 heavy (non-hydrogen) atoms. The molecule has 0 N–H and O–H groups in total. The van der Waals surface area contributed by atoms with E-state index in [-0.39, 0.29) is 11.7 Å². The van der Waals surface area contributed by atoms with Gasteiger partial charge in [-0.25, -0.2) is 0 Å². The molecule has 0 saturated heterocycles. The lowest BCUT2D eigenvalue weighted by Crippen LogP contribution is -2.46. The number of ketones is 1. The monoisotopic (exact) mass is 274 g/mol. The number of Topliss-reactive ketones (excluding diaryl/α,β-unsaturated/α-hetero) is 1. The first-order valence-corrected chi connectivity index (χ1v) is 7.33. The molecule has 0 aliphatic heterocycles. The van der Waals surface area contributed by atoms with E-state index in [0.717, 1.165) is 31.2 Å². The number of carbonyl (C=O) groups is 2. The minimum Gasteiger partial charge on any atom is -0.446 e. The molecule has 2 rings (SSSR count). The summed E-state index contributed by atoms with van der Waals surface area (Å²) in [4.78, 5) is 24.0. The Morgan fingerprint density at radius 3 is 2.15 bits per heavy atom. The fourth-order valence-corrected chi connectivity index (χ4v) is 3.36. The van der Waals surface area contributed by atoms with Crippen LogP contribution in [-0.4, -0.2) is 11.8 Å². The van der Waals surface area contributed by atoms with E-state index in [2.05, 4.69) is 0 Å². The summed E-state index contributed by atoms with van der Waals surface area (Å²) >= 11 is 0. The minimum absolute atomic E-state index is 0.0780.